The zero-order valence-electron chi connectivity index (χ0n) is 66.3. The number of benzene rings is 3. The zero-order valence-corrected chi connectivity index (χ0v) is 66.3. The minimum Gasteiger partial charge on any atom is -0.481 e. The van der Waals surface area contributed by atoms with Gasteiger partial charge in [-0.2, -0.15) is 0 Å². The Morgan fingerprint density at radius 3 is 1.55 bits per heavy atom. The number of amides is 11. The van der Waals surface area contributed by atoms with E-state index in [0.717, 1.165) is 20.8 Å². The van der Waals surface area contributed by atoms with Gasteiger partial charge in [-0.1, -0.05) is 142 Å². The SMILES string of the molecule is CC(=O)O.CC(=O)O.CC[C@H](C)[C@@H]1NC(=O)[C@@H](CCCN=C(N)N)NC(=O)[C@H](CC(C)C)NC(=O)[C@H]([C@H](O)C(C)C)NC(=O)[C@@H](NC(=O)[C@H](CC(C)C)NC(=O)[C@H](N)CC(C)C)[C@@H](c2ccccc2)OC(=O)[C@H](COC(=O)c2ccccc2)NC(=O)[C@H]([C@H](OC(=O)c2ccccc2)C(N)=O)NC(=O)CNC(=O)[C@H]([C@H](C)O)NC1=O. The Balaban J connectivity index is 0.00000524. The van der Waals surface area contributed by atoms with E-state index in [9.17, 15) is 53.4 Å². The van der Waals surface area contributed by atoms with Crippen LogP contribution in [-0.2, 0) is 81.3 Å². The Bertz CT molecular complexity index is 3730. The first kappa shape index (κ1) is 98.4. The number of guanidine groups is 1. The van der Waals surface area contributed by atoms with Crippen LogP contribution in [0, 0.1) is 29.6 Å². The van der Waals surface area contributed by atoms with Crippen molar-refractivity contribution >= 4 is 101 Å². The zero-order chi connectivity index (χ0) is 86.4. The monoisotopic (exact) mass is 1600 g/mol. The number of hydrogen-bond donors (Lipinski definition) is 18. The summed E-state index contributed by atoms with van der Waals surface area (Å²) >= 11 is 0. The van der Waals surface area contributed by atoms with E-state index in [1.54, 1.807) is 47.6 Å². The summed E-state index contributed by atoms with van der Waals surface area (Å²) in [5.41, 5.74) is 22.9. The lowest BCUT2D eigenvalue weighted by Crippen LogP contribution is -2.64. The van der Waals surface area contributed by atoms with Gasteiger partial charge in [0.05, 0.1) is 35.9 Å². The van der Waals surface area contributed by atoms with Gasteiger partial charge in [0.1, 0.15) is 48.9 Å². The normalized spacial score (nSPS) is 21.4. The van der Waals surface area contributed by atoms with Crippen LogP contribution in [0.1, 0.15) is 161 Å². The van der Waals surface area contributed by atoms with Gasteiger partial charge >= 0.3 is 17.9 Å². The van der Waals surface area contributed by atoms with Gasteiger partial charge in [-0.05, 0) is 98.4 Å². The Labute approximate surface area is 661 Å². The number of aliphatic hydroxyl groups is 2. The second-order valence-electron chi connectivity index (χ2n) is 28.6. The van der Waals surface area contributed by atoms with E-state index in [1.165, 1.54) is 98.8 Å². The maximum Gasteiger partial charge on any atom is 0.339 e. The molecule has 0 unspecified atom stereocenters. The summed E-state index contributed by atoms with van der Waals surface area (Å²) in [6.07, 6.45) is -8.40. The van der Waals surface area contributed by atoms with E-state index >= 15 is 24.0 Å². The van der Waals surface area contributed by atoms with Gasteiger partial charge in [0.15, 0.2) is 24.1 Å². The van der Waals surface area contributed by atoms with Gasteiger partial charge in [-0.25, -0.2) is 14.4 Å². The number of aliphatic hydroxyl groups excluding tert-OH is 2. The molecule has 38 nitrogen and oxygen atoms in total. The van der Waals surface area contributed by atoms with E-state index in [1.807, 2.05) is 13.8 Å². The van der Waals surface area contributed by atoms with Gasteiger partial charge in [0, 0.05) is 20.4 Å². The van der Waals surface area contributed by atoms with E-state index in [2.05, 4.69) is 58.2 Å². The summed E-state index contributed by atoms with van der Waals surface area (Å²) in [5, 5.41) is 62.5. The van der Waals surface area contributed by atoms with Crippen molar-refractivity contribution < 1.29 is 111 Å². The van der Waals surface area contributed by atoms with Crippen LogP contribution in [0.5, 0.6) is 0 Å². The van der Waals surface area contributed by atoms with Crippen LogP contribution in [-0.4, -0.2) is 220 Å². The van der Waals surface area contributed by atoms with E-state index < -0.39 is 211 Å². The highest BCUT2D eigenvalue weighted by Crippen LogP contribution is 2.26. The van der Waals surface area contributed by atoms with Crippen molar-refractivity contribution in [1.29, 1.82) is 0 Å². The summed E-state index contributed by atoms with van der Waals surface area (Å²) in [6, 6.07) is 2.56. The highest BCUT2D eigenvalue weighted by Gasteiger charge is 2.45. The van der Waals surface area contributed by atoms with Crippen LogP contribution in [0.3, 0.4) is 0 Å². The molecular formula is C76H113N15O23. The number of nitrogens with one attached hydrogen (secondary N) is 10. The molecule has 22 N–H and O–H groups in total. The molecule has 0 aliphatic carbocycles. The molecule has 38 heteroatoms. The molecule has 114 heavy (non-hydrogen) atoms. The molecule has 0 spiro atoms. The third-order valence-electron chi connectivity index (χ3n) is 16.9. The fourth-order valence-corrected chi connectivity index (χ4v) is 10.9. The van der Waals surface area contributed by atoms with Crippen molar-refractivity contribution in [3.05, 3.63) is 108 Å². The summed E-state index contributed by atoms with van der Waals surface area (Å²) in [6.45, 7) is 17.5. The maximum absolute atomic E-state index is 15.8. The molecule has 4 rings (SSSR count). The molecule has 0 saturated carbocycles. The summed E-state index contributed by atoms with van der Waals surface area (Å²) in [4.78, 5) is 226. The molecule has 0 radical (unpaired) electrons. The highest BCUT2D eigenvalue weighted by molar-refractivity contribution is 6.02. The lowest BCUT2D eigenvalue weighted by Gasteiger charge is -2.34. The fraction of sp³-hybridized carbons (Fsp3) is 0.539. The van der Waals surface area contributed by atoms with Crippen LogP contribution in [0.2, 0.25) is 0 Å². The van der Waals surface area contributed by atoms with Gasteiger partial charge in [0.2, 0.25) is 65.2 Å². The number of carbonyl (C=O) groups excluding carboxylic acids is 14. The number of nitrogens with zero attached hydrogens (tertiary/aromatic N) is 1. The number of aliphatic imine (C=N–C) groups is 1. The smallest absolute Gasteiger partial charge is 0.339 e. The number of nitrogens with two attached hydrogens (primary N) is 4. The molecule has 0 bridgehead atoms. The van der Waals surface area contributed by atoms with Crippen LogP contribution < -0.4 is 76.1 Å². The van der Waals surface area contributed by atoms with Crippen LogP contribution in [0.4, 0.5) is 0 Å². The number of carboxylic acids is 2. The lowest BCUT2D eigenvalue weighted by atomic mass is 9.95. The summed E-state index contributed by atoms with van der Waals surface area (Å²) in [5.74, 6) is -21.9. The first-order chi connectivity index (χ1) is 53.4. The Hall–Kier alpha value is -11.7. The minimum atomic E-state index is -2.52. The first-order valence-corrected chi connectivity index (χ1v) is 37.0. The number of cyclic esters (lactones) is 1. The average molecular weight is 1600 g/mol. The molecule has 3 aromatic rings. The topological polar surface area (TPSA) is 618 Å². The number of carbonyl (C=O) groups is 16. The molecule has 1 aliphatic heterocycles. The number of primary amides is 1. The maximum atomic E-state index is 15.8. The highest BCUT2D eigenvalue weighted by atomic mass is 16.6. The van der Waals surface area contributed by atoms with Crippen LogP contribution in [0.15, 0.2) is 96.0 Å². The van der Waals surface area contributed by atoms with Gasteiger partial charge in [0.25, 0.3) is 17.8 Å². The molecule has 0 aromatic heterocycles. The Morgan fingerprint density at radius 2 is 1.05 bits per heavy atom. The summed E-state index contributed by atoms with van der Waals surface area (Å²) in [7, 11) is 0. The number of carboxylic acid groups (broad SMARTS) is 2. The number of esters is 3. The molecule has 3 aromatic carbocycles. The molecule has 11 amide bonds. The van der Waals surface area contributed by atoms with Crippen molar-refractivity contribution in [3.63, 3.8) is 0 Å². The second kappa shape index (κ2) is 49.7. The minimum absolute atomic E-state index is 0.0211. The molecule has 630 valence electrons. The van der Waals surface area contributed by atoms with Gasteiger partial charge in [-0.15, -0.1) is 0 Å². The lowest BCUT2D eigenvalue weighted by molar-refractivity contribution is -0.159. The molecule has 1 heterocycles. The largest absolute Gasteiger partial charge is 0.481 e. The molecule has 1 aliphatic rings. The Kier molecular flexibility index (Phi) is 42.9. The Morgan fingerprint density at radius 1 is 0.570 bits per heavy atom. The van der Waals surface area contributed by atoms with Gasteiger partial charge < -0.3 is 111 Å². The third-order valence-corrected chi connectivity index (χ3v) is 16.9. The van der Waals surface area contributed by atoms with Crippen molar-refractivity contribution in [3.8, 4) is 0 Å². The predicted molar refractivity (Wildman–Crippen MR) is 412 cm³/mol. The van der Waals surface area contributed by atoms with Crippen molar-refractivity contribution in [1.82, 2.24) is 53.2 Å². The first-order valence-electron chi connectivity index (χ1n) is 37.0. The van der Waals surface area contributed by atoms with Crippen molar-refractivity contribution in [2.24, 2.45) is 57.5 Å². The quantitative estimate of drug-likeness (QED) is 0.0135. The number of rotatable bonds is 27. The van der Waals surface area contributed by atoms with Crippen molar-refractivity contribution in [2.75, 3.05) is 19.7 Å². The third kappa shape index (κ3) is 35.4. The van der Waals surface area contributed by atoms with E-state index in [0.29, 0.717) is 0 Å². The fourth-order valence-electron chi connectivity index (χ4n) is 10.9. The van der Waals surface area contributed by atoms with Crippen LogP contribution in [0.25, 0.3) is 0 Å². The van der Waals surface area contributed by atoms with E-state index in [-0.39, 0.29) is 79.6 Å². The second-order valence-corrected chi connectivity index (χ2v) is 28.6. The van der Waals surface area contributed by atoms with Crippen molar-refractivity contribution in [2.45, 2.75) is 213 Å². The predicted octanol–water partition coefficient (Wildman–Crippen LogP) is -1.52. The number of hydrogen-bond acceptors (Lipinski definition) is 23. The molecule has 15 atom stereocenters. The molecule has 1 fully saturated rings. The number of aliphatic carboxylic acids is 2. The van der Waals surface area contributed by atoms with Gasteiger partial charge in [-0.3, -0.25) is 67.3 Å². The standard InChI is InChI=1S/C72H105N15O19.2C2H4O2/c1-12-40(10)51-65(97)85-52(41(11)88)64(96)78-34-50(89)83-55(58(59(74)91)106-70(102)44-27-20-15-21-28-44)67(99)82-49(35-104-69(101)43-25-18-14-19-26-43)71(103)105-57(42-23-16-13-17-24-42)54(87-63(95)48(33-38(6)7)80-60(92)45(73)31-36(2)3)68(100)86-53(56(90)39(8)9)66(98)81-47(32-37(4)5)62(94)79-46(61(93)84-51)29-22-30-77-72(75)76;2*1-2(3)4/h13-21,23-28,36-41,45-49,51-58,88,90H,12,22,29-35,73H2,1-11H3,(H2,74,91)(H,78,96)(H,79,94)(H,80,92)(H,81,98)(H,82,99)(H,83,89)(H,84,93)(H,85,97)(H,86,100)(H,87,95)(H4,75,76,77);2*1H3,(H,3,4)/t40-,41-,45+,46+,47-,48-,49-,51-,52-,53-,54-,55-,56+,57+,58-;;/m0../s1. The average Bonchev–Trinajstić information content (AvgIpc) is 0.785. The van der Waals surface area contributed by atoms with Crippen LogP contribution >= 0.6 is 0 Å². The number of ether oxygens (including phenoxy) is 3. The molecule has 1 saturated heterocycles. The summed E-state index contributed by atoms with van der Waals surface area (Å²) < 4.78 is 17.3. The van der Waals surface area contributed by atoms with E-state index in [4.69, 9.17) is 56.9 Å². The molecular weight excluding hydrogens is 1490 g/mol.